The smallest absolute Gasteiger partial charge is 0.134 e. The van der Waals surface area contributed by atoms with Gasteiger partial charge in [0.25, 0.3) is 0 Å². The number of hydrogen-bond donors (Lipinski definition) is 3. The van der Waals surface area contributed by atoms with Gasteiger partial charge in [-0.3, -0.25) is 4.99 Å². The molecule has 11 heteroatoms. The summed E-state index contributed by atoms with van der Waals surface area (Å²) in [4.78, 5) is 17.6. The lowest BCUT2D eigenvalue weighted by molar-refractivity contribution is 0.210. The van der Waals surface area contributed by atoms with Crippen LogP contribution < -0.4 is 16.9 Å². The van der Waals surface area contributed by atoms with E-state index in [1.807, 2.05) is 51.7 Å². The highest BCUT2D eigenvalue weighted by Crippen LogP contribution is 2.33. The normalized spacial score (nSPS) is 19.9. The first-order chi connectivity index (χ1) is 28.0. The van der Waals surface area contributed by atoms with Crippen LogP contribution in [-0.4, -0.2) is 79.7 Å². The summed E-state index contributed by atoms with van der Waals surface area (Å²) in [6.45, 7) is 21.0. The number of thioether (sulfide) groups is 1. The largest absolute Gasteiger partial charge is 0.399 e. The molecule has 3 unspecified atom stereocenters. The number of imidazole rings is 2. The average Bonchev–Trinajstić information content (AvgIpc) is 3.93. The summed E-state index contributed by atoms with van der Waals surface area (Å²) in [6, 6.07) is 9.06. The van der Waals surface area contributed by atoms with Crippen LogP contribution in [-0.2, 0) is 25.9 Å². The van der Waals surface area contributed by atoms with Gasteiger partial charge in [-0.05, 0) is 155 Å². The third-order valence-electron chi connectivity index (χ3n) is 11.8. The van der Waals surface area contributed by atoms with Gasteiger partial charge in [-0.25, -0.2) is 9.97 Å². The molecule has 10 nitrogen and oxygen atoms in total. The fourth-order valence-corrected chi connectivity index (χ4v) is 8.73. The molecule has 0 aliphatic carbocycles. The van der Waals surface area contributed by atoms with Crippen LogP contribution in [0.4, 0.5) is 0 Å². The van der Waals surface area contributed by atoms with Crippen LogP contribution >= 0.6 is 11.8 Å². The molecule has 2 aliphatic heterocycles. The Balaban J connectivity index is 1.50. The Morgan fingerprint density at radius 2 is 1.45 bits per heavy atom. The molecule has 1 fully saturated rings. The predicted octanol–water partition coefficient (Wildman–Crippen LogP) is 8.70. The van der Waals surface area contributed by atoms with Gasteiger partial charge in [0.05, 0.1) is 27.8 Å². The highest BCUT2D eigenvalue weighted by molar-refractivity contribution is 7.99. The van der Waals surface area contributed by atoms with E-state index in [9.17, 15) is 0 Å². The standard InChI is InChI=1S/C47H64N10S/c1-9-51-54-32(3)13-21-45-53-43-29-40(35(6)49)27-38-17-19-41(55-25-22-36(30-55)15-14-33(4)58-8)18-16-37-26-39(34(5)48)28-42-46(37)56(23-10-11-24-57(45)47(38)43)44(52-42)20-12-31(2)50-7/h10-13,20-21,26-29,33,36,41,51H,5-6,9,14-19,22-25,30,48-49H2,1-4,7-8H3/b11-10+,20-12+,21-13+,50-31?,54-32-. The molecule has 2 aromatic heterocycles. The lowest BCUT2D eigenvalue weighted by Crippen LogP contribution is -2.34. The highest BCUT2D eigenvalue weighted by atomic mass is 32.2. The Labute approximate surface area is 350 Å². The Hall–Kier alpha value is -4.87. The van der Waals surface area contributed by atoms with Crippen molar-refractivity contribution >= 4 is 68.8 Å². The SMILES string of the molecule is C=C(N)c1cc2c3c(c1)nc(/C=C/C(C)=NC)n3C/C=C/Cn1c(/C=C/C(C)=N\NCC)nc3cc(C(=C)N)cc(c31)CCC(N1CCC(CCC(C)SC)C1)CC2. The van der Waals surface area contributed by atoms with Crippen LogP contribution in [0.15, 0.2) is 71.8 Å². The van der Waals surface area contributed by atoms with Crippen molar-refractivity contribution in [3.63, 3.8) is 0 Å². The molecule has 0 radical (unpaired) electrons. The Kier molecular flexibility index (Phi) is 14.5. The van der Waals surface area contributed by atoms with Gasteiger partial charge in [0, 0.05) is 61.6 Å². The monoisotopic (exact) mass is 801 g/mol. The van der Waals surface area contributed by atoms with E-state index in [0.29, 0.717) is 35.8 Å². The van der Waals surface area contributed by atoms with Crippen LogP contribution in [0.25, 0.3) is 45.6 Å². The molecule has 4 aromatic rings. The molecule has 58 heavy (non-hydrogen) atoms. The molecule has 0 amide bonds. The van der Waals surface area contributed by atoms with E-state index in [2.05, 4.69) is 104 Å². The van der Waals surface area contributed by atoms with Crippen LogP contribution in [0.2, 0.25) is 0 Å². The number of nitrogens with one attached hydrogen (secondary N) is 1. The number of aromatic nitrogens is 4. The number of aliphatic imine (C=N–C) groups is 1. The van der Waals surface area contributed by atoms with Crippen molar-refractivity contribution in [1.29, 1.82) is 0 Å². The van der Waals surface area contributed by atoms with Crippen molar-refractivity contribution in [3.05, 3.63) is 95.6 Å². The number of aryl methyl sites for hydroxylation is 2. The third-order valence-corrected chi connectivity index (χ3v) is 12.8. The van der Waals surface area contributed by atoms with Gasteiger partial charge in [-0.2, -0.15) is 16.9 Å². The molecule has 0 saturated carbocycles. The van der Waals surface area contributed by atoms with Gasteiger partial charge in [0.2, 0.25) is 0 Å². The molecule has 2 aromatic carbocycles. The zero-order valence-corrected chi connectivity index (χ0v) is 36.4. The van der Waals surface area contributed by atoms with E-state index in [0.717, 1.165) is 108 Å². The van der Waals surface area contributed by atoms with Crippen molar-refractivity contribution in [2.45, 2.75) is 97.0 Å². The van der Waals surface area contributed by atoms with Gasteiger partial charge in [-0.15, -0.1) is 0 Å². The quantitative estimate of drug-likeness (QED) is 0.0702. The summed E-state index contributed by atoms with van der Waals surface area (Å²) in [5.41, 5.74) is 27.3. The second-order valence-corrected chi connectivity index (χ2v) is 17.3. The molecule has 3 atom stereocenters. The summed E-state index contributed by atoms with van der Waals surface area (Å²) in [7, 11) is 1.82. The molecule has 5 N–H and O–H groups in total. The molecule has 4 heterocycles. The van der Waals surface area contributed by atoms with Gasteiger partial charge in [0.15, 0.2) is 0 Å². The molecule has 0 spiro atoms. The lowest BCUT2D eigenvalue weighted by Gasteiger charge is -2.29. The number of hydrogen-bond acceptors (Lipinski definition) is 9. The summed E-state index contributed by atoms with van der Waals surface area (Å²) in [5, 5.41) is 5.16. The summed E-state index contributed by atoms with van der Waals surface area (Å²) in [6.07, 6.45) is 22.6. The summed E-state index contributed by atoms with van der Waals surface area (Å²) >= 11 is 1.98. The summed E-state index contributed by atoms with van der Waals surface area (Å²) in [5.74, 6) is 2.48. The molecular formula is C47H64N10S. The molecular weight excluding hydrogens is 737 g/mol. The Morgan fingerprint density at radius 1 is 0.897 bits per heavy atom. The van der Waals surface area contributed by atoms with Crippen LogP contribution in [0.1, 0.15) is 93.7 Å². The van der Waals surface area contributed by atoms with Gasteiger partial charge < -0.3 is 30.9 Å². The topological polar surface area (TPSA) is 128 Å². The van der Waals surface area contributed by atoms with E-state index < -0.39 is 0 Å². The minimum Gasteiger partial charge on any atom is -0.399 e. The van der Waals surface area contributed by atoms with Crippen LogP contribution in [0.5, 0.6) is 0 Å². The molecule has 0 bridgehead atoms. The van der Waals surface area contributed by atoms with Crippen LogP contribution in [0, 0.1) is 5.92 Å². The first kappa shape index (κ1) is 42.7. The highest BCUT2D eigenvalue weighted by Gasteiger charge is 2.29. The molecule has 1 saturated heterocycles. The number of allylic oxidation sites excluding steroid dienone is 4. The Bertz CT molecular complexity index is 2270. The summed E-state index contributed by atoms with van der Waals surface area (Å²) < 4.78 is 4.68. The average molecular weight is 801 g/mol. The van der Waals surface area contributed by atoms with Crippen molar-refractivity contribution < 1.29 is 0 Å². The van der Waals surface area contributed by atoms with Gasteiger partial charge in [0.1, 0.15) is 11.6 Å². The number of hydrazone groups is 1. The first-order valence-electron chi connectivity index (χ1n) is 20.9. The number of rotatable bonds is 13. The number of nitrogens with two attached hydrogens (primary N) is 2. The zero-order chi connectivity index (χ0) is 41.3. The zero-order valence-electron chi connectivity index (χ0n) is 35.6. The number of nitrogens with zero attached hydrogens (tertiary/aromatic N) is 7. The molecule has 308 valence electrons. The maximum atomic E-state index is 6.40. The second-order valence-electron chi connectivity index (χ2n) is 16.0. The maximum Gasteiger partial charge on any atom is 0.134 e. The minimum absolute atomic E-state index is 0.380. The number of likely N-dealkylation sites (tertiary alicyclic amines) is 1. The van der Waals surface area contributed by atoms with Crippen molar-refractivity contribution in [2.24, 2.45) is 27.5 Å². The van der Waals surface area contributed by atoms with E-state index in [4.69, 9.17) is 21.4 Å². The van der Waals surface area contributed by atoms with Crippen molar-refractivity contribution in [3.8, 4) is 0 Å². The lowest BCUT2D eigenvalue weighted by atomic mass is 9.94. The van der Waals surface area contributed by atoms with Gasteiger partial charge in [-0.1, -0.05) is 32.2 Å². The van der Waals surface area contributed by atoms with E-state index in [-0.39, 0.29) is 0 Å². The Morgan fingerprint density at radius 3 is 1.95 bits per heavy atom. The van der Waals surface area contributed by atoms with Crippen LogP contribution in [0.3, 0.4) is 0 Å². The van der Waals surface area contributed by atoms with Crippen molar-refractivity contribution in [1.82, 2.24) is 29.4 Å². The third kappa shape index (κ3) is 10.2. The first-order valence-corrected chi connectivity index (χ1v) is 22.2. The van der Waals surface area contributed by atoms with E-state index in [1.54, 1.807) is 0 Å². The van der Waals surface area contributed by atoms with E-state index >= 15 is 0 Å². The molecule has 2 aliphatic rings. The second kappa shape index (κ2) is 19.7. The van der Waals surface area contributed by atoms with Gasteiger partial charge >= 0.3 is 0 Å². The predicted molar refractivity (Wildman–Crippen MR) is 251 cm³/mol. The molecule has 6 rings (SSSR count). The fraction of sp³-hybridized carbons (Fsp3) is 0.447. The maximum absolute atomic E-state index is 6.40. The fourth-order valence-electron chi connectivity index (χ4n) is 8.36. The van der Waals surface area contributed by atoms with E-state index in [1.165, 1.54) is 30.4 Å². The van der Waals surface area contributed by atoms with Crippen molar-refractivity contribution in [2.75, 3.05) is 32.9 Å². The minimum atomic E-state index is 0.380. The number of benzene rings is 2.